The highest BCUT2D eigenvalue weighted by molar-refractivity contribution is 5.86. The highest BCUT2D eigenvalue weighted by Crippen LogP contribution is 2.35. The van der Waals surface area contributed by atoms with Gasteiger partial charge in [0.25, 0.3) is 5.56 Å². The minimum Gasteiger partial charge on any atom is -0.493 e. The van der Waals surface area contributed by atoms with E-state index in [1.165, 1.54) is 0 Å². The zero-order valence-corrected chi connectivity index (χ0v) is 18.3. The first-order valence-electron chi connectivity index (χ1n) is 9.89. The predicted molar refractivity (Wildman–Crippen MR) is 121 cm³/mol. The third-order valence-corrected chi connectivity index (χ3v) is 5.37. The van der Waals surface area contributed by atoms with Crippen molar-refractivity contribution in [3.05, 3.63) is 70.0 Å². The highest BCUT2D eigenvalue weighted by atomic mass is 16.5. The van der Waals surface area contributed by atoms with E-state index in [1.54, 1.807) is 26.5 Å². The van der Waals surface area contributed by atoms with Crippen molar-refractivity contribution in [2.75, 3.05) is 26.2 Å². The maximum Gasteiger partial charge on any atom is 0.282 e. The summed E-state index contributed by atoms with van der Waals surface area (Å²) in [6.07, 6.45) is 3.72. The van der Waals surface area contributed by atoms with Gasteiger partial charge in [-0.2, -0.15) is 4.98 Å². The molecule has 8 nitrogen and oxygen atoms in total. The number of rotatable bonds is 6. The van der Waals surface area contributed by atoms with Crippen LogP contribution in [0.15, 0.2) is 47.5 Å². The molecule has 31 heavy (non-hydrogen) atoms. The highest BCUT2D eigenvalue weighted by Gasteiger charge is 2.17. The average molecular weight is 419 g/mol. The number of methoxy groups -OCH3 is 2. The number of H-pyrrole nitrogens is 1. The van der Waals surface area contributed by atoms with Crippen LogP contribution in [0.3, 0.4) is 0 Å². The number of imidazole rings is 1. The second-order valence-corrected chi connectivity index (χ2v) is 7.40. The normalized spacial score (nSPS) is 11.0. The molecule has 0 spiro atoms. The van der Waals surface area contributed by atoms with E-state index in [9.17, 15) is 4.79 Å². The fraction of sp³-hybridized carbons (Fsp3) is 0.261. The van der Waals surface area contributed by atoms with E-state index in [-0.39, 0.29) is 5.56 Å². The zero-order valence-electron chi connectivity index (χ0n) is 18.3. The molecule has 0 atom stereocenters. The summed E-state index contributed by atoms with van der Waals surface area (Å²) in [4.78, 5) is 26.6. The van der Waals surface area contributed by atoms with E-state index < -0.39 is 0 Å². The number of benzene rings is 2. The van der Waals surface area contributed by atoms with E-state index in [0.717, 1.165) is 17.1 Å². The fourth-order valence-corrected chi connectivity index (χ4v) is 3.83. The van der Waals surface area contributed by atoms with Crippen molar-refractivity contribution in [1.82, 2.24) is 19.5 Å². The number of nitrogens with zero attached hydrogens (tertiary/aromatic N) is 4. The first-order chi connectivity index (χ1) is 14.9. The van der Waals surface area contributed by atoms with Crippen LogP contribution in [0, 0.1) is 13.8 Å². The molecule has 2 aromatic heterocycles. The molecule has 2 heterocycles. The van der Waals surface area contributed by atoms with E-state index in [1.807, 2.05) is 54.8 Å². The van der Waals surface area contributed by atoms with Gasteiger partial charge in [-0.25, -0.2) is 4.98 Å². The topological polar surface area (TPSA) is 85.3 Å². The van der Waals surface area contributed by atoms with Gasteiger partial charge < -0.3 is 23.9 Å². The van der Waals surface area contributed by atoms with Gasteiger partial charge in [-0.3, -0.25) is 4.79 Å². The molecule has 160 valence electrons. The van der Waals surface area contributed by atoms with Crippen molar-refractivity contribution >= 4 is 16.9 Å². The Bertz CT molecular complexity index is 1310. The number of aryl methyl sites for hydroxylation is 2. The summed E-state index contributed by atoms with van der Waals surface area (Å²) >= 11 is 0. The van der Waals surface area contributed by atoms with Gasteiger partial charge in [-0.05, 0) is 31.5 Å². The van der Waals surface area contributed by atoms with E-state index >= 15 is 0 Å². The van der Waals surface area contributed by atoms with Crippen molar-refractivity contribution in [3.63, 3.8) is 0 Å². The second kappa shape index (κ2) is 8.14. The van der Waals surface area contributed by atoms with Crippen LogP contribution < -0.4 is 19.9 Å². The lowest BCUT2D eigenvalue weighted by Gasteiger charge is -2.20. The SMILES string of the molecule is COc1cc2[nH]c(N(C)Cc3cccc(-n4ccnc4C)c3)nc(=O)c2c(C)c1OC. The Morgan fingerprint density at radius 3 is 2.65 bits per heavy atom. The van der Waals surface area contributed by atoms with Crippen molar-refractivity contribution in [2.45, 2.75) is 20.4 Å². The Hall–Kier alpha value is -3.81. The first-order valence-corrected chi connectivity index (χ1v) is 9.89. The lowest BCUT2D eigenvalue weighted by molar-refractivity contribution is 0.354. The van der Waals surface area contributed by atoms with Crippen molar-refractivity contribution in [1.29, 1.82) is 0 Å². The average Bonchev–Trinajstić information content (AvgIpc) is 3.19. The molecule has 0 saturated carbocycles. The third kappa shape index (κ3) is 3.72. The molecular formula is C23H25N5O3. The molecule has 4 rings (SSSR count). The lowest BCUT2D eigenvalue weighted by Crippen LogP contribution is -2.23. The smallest absolute Gasteiger partial charge is 0.282 e. The zero-order chi connectivity index (χ0) is 22.1. The molecule has 0 unspecified atom stereocenters. The van der Waals surface area contributed by atoms with Crippen molar-refractivity contribution < 1.29 is 9.47 Å². The van der Waals surface area contributed by atoms with Crippen molar-refractivity contribution in [2.24, 2.45) is 0 Å². The Morgan fingerprint density at radius 1 is 1.16 bits per heavy atom. The monoisotopic (exact) mass is 419 g/mol. The summed E-state index contributed by atoms with van der Waals surface area (Å²) in [5.74, 6) is 2.50. The van der Waals surface area contributed by atoms with Crippen LogP contribution in [0.25, 0.3) is 16.6 Å². The van der Waals surface area contributed by atoms with Gasteiger partial charge in [-0.1, -0.05) is 12.1 Å². The van der Waals surface area contributed by atoms with Gasteiger partial charge in [0.05, 0.1) is 25.1 Å². The largest absolute Gasteiger partial charge is 0.493 e. The molecule has 1 N–H and O–H groups in total. The summed E-state index contributed by atoms with van der Waals surface area (Å²) in [6.45, 7) is 4.36. The summed E-state index contributed by atoms with van der Waals surface area (Å²) in [6, 6.07) is 9.96. The number of hydrogen-bond donors (Lipinski definition) is 1. The van der Waals surface area contributed by atoms with Crippen LogP contribution in [0.4, 0.5) is 5.95 Å². The van der Waals surface area contributed by atoms with Crippen molar-refractivity contribution in [3.8, 4) is 17.2 Å². The molecule has 8 heteroatoms. The van der Waals surface area contributed by atoms with E-state index in [2.05, 4.69) is 21.0 Å². The minimum atomic E-state index is -0.308. The van der Waals surface area contributed by atoms with E-state index in [4.69, 9.17) is 9.47 Å². The van der Waals surface area contributed by atoms with Gasteiger partial charge in [0.1, 0.15) is 5.82 Å². The summed E-state index contributed by atoms with van der Waals surface area (Å²) in [5.41, 5.74) is 3.16. The number of hydrogen-bond acceptors (Lipinski definition) is 6. The number of aromatic amines is 1. The number of aromatic nitrogens is 4. The molecule has 4 aromatic rings. The van der Waals surface area contributed by atoms with E-state index in [0.29, 0.717) is 40.5 Å². The summed E-state index contributed by atoms with van der Waals surface area (Å²) < 4.78 is 12.9. The lowest BCUT2D eigenvalue weighted by atomic mass is 10.1. The molecular weight excluding hydrogens is 394 g/mol. The van der Waals surface area contributed by atoms with Crippen LogP contribution >= 0.6 is 0 Å². The third-order valence-electron chi connectivity index (χ3n) is 5.37. The van der Waals surface area contributed by atoms with Gasteiger partial charge >= 0.3 is 0 Å². The fourth-order valence-electron chi connectivity index (χ4n) is 3.83. The molecule has 0 aliphatic rings. The Kier molecular flexibility index (Phi) is 5.37. The maximum absolute atomic E-state index is 12.8. The molecule has 0 amide bonds. The minimum absolute atomic E-state index is 0.308. The standard InChI is InChI=1S/C23H25N5O3/c1-14-20-18(12-19(30-4)21(14)31-5)25-23(26-22(20)29)27(3)13-16-7-6-8-17(11-16)28-10-9-24-15(28)2/h6-12H,13H2,1-5H3,(H,25,26,29). The van der Waals surface area contributed by atoms with Gasteiger partial charge in [0.15, 0.2) is 11.5 Å². The van der Waals surface area contributed by atoms with Crippen LogP contribution in [0.2, 0.25) is 0 Å². The molecule has 2 aromatic carbocycles. The number of fused-ring (bicyclic) bond motifs is 1. The first kappa shape index (κ1) is 20.5. The van der Waals surface area contributed by atoms with Crippen LogP contribution in [-0.2, 0) is 6.54 Å². The number of nitrogens with one attached hydrogen (secondary N) is 1. The number of ether oxygens (including phenoxy) is 2. The number of anilines is 1. The van der Waals surface area contributed by atoms with Crippen LogP contribution in [0.5, 0.6) is 11.5 Å². The molecule has 0 bridgehead atoms. The second-order valence-electron chi connectivity index (χ2n) is 7.40. The Labute approximate surface area is 180 Å². The predicted octanol–water partition coefficient (Wildman–Crippen LogP) is 3.38. The molecule has 0 aliphatic carbocycles. The quantitative estimate of drug-likeness (QED) is 0.516. The molecule has 0 aliphatic heterocycles. The Balaban J connectivity index is 1.69. The van der Waals surface area contributed by atoms with Crippen LogP contribution in [0.1, 0.15) is 17.0 Å². The molecule has 0 fully saturated rings. The summed E-state index contributed by atoms with van der Waals surface area (Å²) in [5, 5.41) is 0.493. The summed E-state index contributed by atoms with van der Waals surface area (Å²) in [7, 11) is 5.02. The maximum atomic E-state index is 12.8. The molecule has 0 radical (unpaired) electrons. The van der Waals surface area contributed by atoms with Gasteiger partial charge in [0.2, 0.25) is 5.95 Å². The van der Waals surface area contributed by atoms with Gasteiger partial charge in [0, 0.05) is 43.3 Å². The van der Waals surface area contributed by atoms with Gasteiger partial charge in [-0.15, -0.1) is 0 Å². The van der Waals surface area contributed by atoms with Crippen LogP contribution in [-0.4, -0.2) is 40.8 Å². The Morgan fingerprint density at radius 2 is 1.97 bits per heavy atom. The molecule has 0 saturated heterocycles.